The summed E-state index contributed by atoms with van der Waals surface area (Å²) in [5.41, 5.74) is 0.676. The summed E-state index contributed by atoms with van der Waals surface area (Å²) in [6.07, 6.45) is 1.23. The van der Waals surface area contributed by atoms with Crippen molar-refractivity contribution in [2.24, 2.45) is 0 Å². The van der Waals surface area contributed by atoms with Gasteiger partial charge in [-0.25, -0.2) is 9.69 Å². The smallest absolute Gasteiger partial charge is 0.335 e. The third kappa shape index (κ3) is 5.40. The van der Waals surface area contributed by atoms with Crippen molar-refractivity contribution in [3.8, 4) is 5.75 Å². The zero-order chi connectivity index (χ0) is 26.0. The van der Waals surface area contributed by atoms with Gasteiger partial charge in [-0.05, 0) is 53.6 Å². The summed E-state index contributed by atoms with van der Waals surface area (Å²) in [6.45, 7) is 0.209. The molecule has 0 aliphatic carbocycles. The van der Waals surface area contributed by atoms with Gasteiger partial charge in [0, 0.05) is 16.6 Å². The Morgan fingerprint density at radius 3 is 2.19 bits per heavy atom. The van der Waals surface area contributed by atoms with Gasteiger partial charge in [0.2, 0.25) is 0 Å². The average molecular weight is 591 g/mol. The van der Waals surface area contributed by atoms with Gasteiger partial charge in [0.25, 0.3) is 17.5 Å². The van der Waals surface area contributed by atoms with E-state index in [1.165, 1.54) is 30.3 Å². The number of barbiturate groups is 1. The van der Waals surface area contributed by atoms with E-state index in [-0.39, 0.29) is 39.3 Å². The van der Waals surface area contributed by atoms with Gasteiger partial charge in [0.1, 0.15) is 12.2 Å². The van der Waals surface area contributed by atoms with Crippen molar-refractivity contribution in [2.75, 3.05) is 4.90 Å². The van der Waals surface area contributed by atoms with Crippen LogP contribution in [0.2, 0.25) is 10.0 Å². The summed E-state index contributed by atoms with van der Waals surface area (Å²) in [4.78, 5) is 48.8. The molecule has 1 aliphatic rings. The molecule has 4 rings (SSSR count). The van der Waals surface area contributed by atoms with Crippen molar-refractivity contribution in [1.82, 2.24) is 5.32 Å². The molecule has 1 saturated heterocycles. The first-order valence-corrected chi connectivity index (χ1v) is 11.7. The molecule has 36 heavy (non-hydrogen) atoms. The quantitative estimate of drug-likeness (QED) is 0.165. The number of amides is 4. The molecule has 0 aromatic heterocycles. The van der Waals surface area contributed by atoms with Crippen molar-refractivity contribution in [3.05, 3.63) is 102 Å². The van der Waals surface area contributed by atoms with E-state index in [1.807, 2.05) is 24.3 Å². The van der Waals surface area contributed by atoms with Gasteiger partial charge >= 0.3 is 6.03 Å². The molecule has 0 atom stereocenters. The maximum Gasteiger partial charge on any atom is 0.335 e. The van der Waals surface area contributed by atoms with Gasteiger partial charge in [-0.1, -0.05) is 51.3 Å². The van der Waals surface area contributed by atoms with Crippen molar-refractivity contribution in [1.29, 1.82) is 0 Å². The van der Waals surface area contributed by atoms with E-state index in [1.54, 1.807) is 0 Å². The highest BCUT2D eigenvalue weighted by Crippen LogP contribution is 2.36. The highest BCUT2D eigenvalue weighted by molar-refractivity contribution is 9.10. The number of hydrogen-bond acceptors (Lipinski definition) is 6. The molecule has 0 unspecified atom stereocenters. The van der Waals surface area contributed by atoms with Crippen LogP contribution in [0.25, 0.3) is 6.08 Å². The standard InChI is InChI=1S/C24H14BrCl2N3O6/c25-15-3-1-13(2-4-15)12-36-21-19(26)10-14(11-20(21)27)9-18-22(31)28-24(33)29(23(18)32)16-5-7-17(8-6-16)30(34)35/h1-11H,12H2,(H,28,31,33)/b18-9+. The lowest BCUT2D eigenvalue weighted by molar-refractivity contribution is -0.384. The number of hydrogen-bond donors (Lipinski definition) is 1. The van der Waals surface area contributed by atoms with Crippen LogP contribution < -0.4 is 15.0 Å². The predicted octanol–water partition coefficient (Wildman–Crippen LogP) is 5.91. The number of non-ortho nitro benzene ring substituents is 1. The number of imide groups is 2. The molecule has 1 N–H and O–H groups in total. The number of benzene rings is 3. The molecule has 4 amide bonds. The minimum atomic E-state index is -0.983. The first-order valence-electron chi connectivity index (χ1n) is 10.2. The summed E-state index contributed by atoms with van der Waals surface area (Å²) < 4.78 is 6.67. The molecule has 12 heteroatoms. The van der Waals surface area contributed by atoms with E-state index in [0.29, 0.717) is 10.5 Å². The minimum Gasteiger partial charge on any atom is -0.486 e. The lowest BCUT2D eigenvalue weighted by atomic mass is 10.1. The second kappa shape index (κ2) is 10.5. The van der Waals surface area contributed by atoms with Crippen molar-refractivity contribution >= 4 is 74.4 Å². The summed E-state index contributed by atoms with van der Waals surface area (Å²) in [6, 6.07) is 14.2. The van der Waals surface area contributed by atoms with E-state index in [2.05, 4.69) is 21.2 Å². The number of nitro benzene ring substituents is 1. The molecule has 3 aromatic carbocycles. The van der Waals surface area contributed by atoms with Crippen LogP contribution in [0.1, 0.15) is 11.1 Å². The number of rotatable bonds is 6. The third-order valence-corrected chi connectivity index (χ3v) is 6.14. The molecule has 3 aromatic rings. The summed E-state index contributed by atoms with van der Waals surface area (Å²) in [7, 11) is 0. The Bertz CT molecular complexity index is 1400. The minimum absolute atomic E-state index is 0.0502. The van der Waals surface area contributed by atoms with Crippen LogP contribution in [-0.2, 0) is 16.2 Å². The number of nitro groups is 1. The Balaban J connectivity index is 1.59. The second-order valence-electron chi connectivity index (χ2n) is 7.46. The number of carbonyl (C=O) groups excluding carboxylic acids is 3. The number of carbonyl (C=O) groups is 3. The van der Waals surface area contributed by atoms with Crippen molar-refractivity contribution in [2.45, 2.75) is 6.61 Å². The molecular formula is C24H14BrCl2N3O6. The summed E-state index contributed by atoms with van der Waals surface area (Å²) >= 11 is 16.1. The Kier molecular flexibility index (Phi) is 7.39. The van der Waals surface area contributed by atoms with E-state index in [0.717, 1.165) is 22.2 Å². The largest absolute Gasteiger partial charge is 0.486 e. The van der Waals surface area contributed by atoms with Crippen LogP contribution in [0.15, 0.2) is 70.7 Å². The lowest BCUT2D eigenvalue weighted by Gasteiger charge is -2.26. The fourth-order valence-corrected chi connectivity index (χ4v) is 4.20. The Morgan fingerprint density at radius 2 is 1.61 bits per heavy atom. The Hall–Kier alpha value is -3.73. The molecule has 0 bridgehead atoms. The predicted molar refractivity (Wildman–Crippen MR) is 137 cm³/mol. The molecule has 182 valence electrons. The van der Waals surface area contributed by atoms with E-state index in [9.17, 15) is 24.5 Å². The molecule has 9 nitrogen and oxygen atoms in total. The Morgan fingerprint density at radius 1 is 1.00 bits per heavy atom. The van der Waals surface area contributed by atoms with Gasteiger partial charge in [-0.15, -0.1) is 0 Å². The normalized spacial score (nSPS) is 14.7. The molecular weight excluding hydrogens is 577 g/mol. The maximum atomic E-state index is 13.0. The van der Waals surface area contributed by atoms with Crippen molar-refractivity contribution in [3.63, 3.8) is 0 Å². The maximum absolute atomic E-state index is 13.0. The van der Waals surface area contributed by atoms with E-state index in [4.69, 9.17) is 27.9 Å². The highest BCUT2D eigenvalue weighted by Gasteiger charge is 2.37. The van der Waals surface area contributed by atoms with Crippen LogP contribution in [0.5, 0.6) is 5.75 Å². The fourth-order valence-electron chi connectivity index (χ4n) is 3.32. The van der Waals surface area contributed by atoms with Gasteiger partial charge in [-0.3, -0.25) is 25.0 Å². The third-order valence-electron chi connectivity index (χ3n) is 5.05. The molecule has 0 saturated carbocycles. The molecule has 1 fully saturated rings. The number of halogens is 3. The molecule has 1 heterocycles. The van der Waals surface area contributed by atoms with Gasteiger partial charge in [0.15, 0.2) is 5.75 Å². The van der Waals surface area contributed by atoms with Crippen LogP contribution in [0.3, 0.4) is 0 Å². The van der Waals surface area contributed by atoms with Crippen LogP contribution in [0.4, 0.5) is 16.2 Å². The Labute approximate surface area is 222 Å². The van der Waals surface area contributed by atoms with Crippen molar-refractivity contribution < 1.29 is 24.0 Å². The van der Waals surface area contributed by atoms with E-state index >= 15 is 0 Å². The monoisotopic (exact) mass is 589 g/mol. The highest BCUT2D eigenvalue weighted by atomic mass is 79.9. The van der Waals surface area contributed by atoms with Gasteiger partial charge < -0.3 is 4.74 Å². The average Bonchev–Trinajstić information content (AvgIpc) is 2.82. The van der Waals surface area contributed by atoms with Crippen LogP contribution >= 0.6 is 39.1 Å². The molecule has 0 radical (unpaired) electrons. The fraction of sp³-hybridized carbons (Fsp3) is 0.0417. The first-order chi connectivity index (χ1) is 17.1. The topological polar surface area (TPSA) is 119 Å². The van der Waals surface area contributed by atoms with E-state index < -0.39 is 22.8 Å². The number of nitrogens with one attached hydrogen (secondary N) is 1. The SMILES string of the molecule is O=C1NC(=O)N(c2ccc([N+](=O)[O-])cc2)C(=O)/C1=C/c1cc(Cl)c(OCc2ccc(Br)cc2)c(Cl)c1. The van der Waals surface area contributed by atoms with Crippen LogP contribution in [-0.4, -0.2) is 22.8 Å². The molecule has 1 aliphatic heterocycles. The van der Waals surface area contributed by atoms with Gasteiger partial charge in [-0.2, -0.15) is 0 Å². The zero-order valence-corrected chi connectivity index (χ0v) is 21.1. The zero-order valence-electron chi connectivity index (χ0n) is 18.0. The van der Waals surface area contributed by atoms with Crippen LogP contribution in [0, 0.1) is 10.1 Å². The first kappa shape index (κ1) is 25.4. The number of anilines is 1. The number of nitrogens with zero attached hydrogens (tertiary/aromatic N) is 2. The van der Waals surface area contributed by atoms with Gasteiger partial charge in [0.05, 0.1) is 20.7 Å². The molecule has 0 spiro atoms. The second-order valence-corrected chi connectivity index (χ2v) is 9.19. The number of ether oxygens (including phenoxy) is 1. The lowest BCUT2D eigenvalue weighted by Crippen LogP contribution is -2.54. The summed E-state index contributed by atoms with van der Waals surface area (Å²) in [5.74, 6) is -1.60. The number of urea groups is 1. The summed E-state index contributed by atoms with van der Waals surface area (Å²) in [5, 5.41) is 13.3.